The highest BCUT2D eigenvalue weighted by Gasteiger charge is 2.20. The van der Waals surface area contributed by atoms with E-state index < -0.39 is 0 Å². The maximum Gasteiger partial charge on any atom is 0.120 e. The quantitative estimate of drug-likeness (QED) is 0.802. The van der Waals surface area contributed by atoms with Gasteiger partial charge in [-0.25, -0.2) is 0 Å². The number of nitrogens with two attached hydrogens (primary N) is 1. The third-order valence-electron chi connectivity index (χ3n) is 2.74. The summed E-state index contributed by atoms with van der Waals surface area (Å²) in [6.07, 6.45) is 2.10. The second kappa shape index (κ2) is 4.15. The Balaban J connectivity index is 1.91. The summed E-state index contributed by atoms with van der Waals surface area (Å²) in [6.45, 7) is 3.68. The van der Waals surface area contributed by atoms with Crippen LogP contribution >= 0.6 is 0 Å². The Labute approximate surface area is 84.2 Å². The number of aryl methyl sites for hydroxylation is 1. The lowest BCUT2D eigenvalue weighted by molar-refractivity contribution is 0.182. The molecule has 78 valence electrons. The van der Waals surface area contributed by atoms with Crippen molar-refractivity contribution in [3.63, 3.8) is 0 Å². The monoisotopic (exact) mass is 195 g/mol. The summed E-state index contributed by atoms with van der Waals surface area (Å²) in [5.41, 5.74) is 6.04. The van der Waals surface area contributed by atoms with Gasteiger partial charge in [0, 0.05) is 13.2 Å². The number of ether oxygens (including phenoxy) is 1. The van der Waals surface area contributed by atoms with Crippen LogP contribution in [0.25, 0.3) is 0 Å². The smallest absolute Gasteiger partial charge is 0.120 e. The summed E-state index contributed by atoms with van der Waals surface area (Å²) in [6, 6.07) is 3.95. The van der Waals surface area contributed by atoms with Crippen LogP contribution in [0.1, 0.15) is 30.4 Å². The van der Waals surface area contributed by atoms with Crippen LogP contribution in [0.5, 0.6) is 0 Å². The molecule has 2 rings (SSSR count). The van der Waals surface area contributed by atoms with E-state index in [4.69, 9.17) is 14.9 Å². The minimum absolute atomic E-state index is 0.0235. The summed E-state index contributed by atoms with van der Waals surface area (Å²) < 4.78 is 10.8. The lowest BCUT2D eigenvalue weighted by Gasteiger charge is -2.12. The minimum atomic E-state index is 0.0235. The minimum Gasteiger partial charge on any atom is -0.465 e. The zero-order chi connectivity index (χ0) is 9.97. The van der Waals surface area contributed by atoms with Gasteiger partial charge in [0.1, 0.15) is 11.5 Å². The van der Waals surface area contributed by atoms with Crippen molar-refractivity contribution in [2.75, 3.05) is 13.2 Å². The Morgan fingerprint density at radius 2 is 2.43 bits per heavy atom. The molecule has 3 nitrogen and oxygen atoms in total. The van der Waals surface area contributed by atoms with Crippen LogP contribution in [0.4, 0.5) is 0 Å². The lowest BCUT2D eigenvalue weighted by atomic mass is 9.98. The maximum absolute atomic E-state index is 6.04. The van der Waals surface area contributed by atoms with Gasteiger partial charge in [0.05, 0.1) is 6.04 Å². The van der Waals surface area contributed by atoms with E-state index in [1.165, 1.54) is 0 Å². The fraction of sp³-hybridized carbons (Fsp3) is 0.636. The van der Waals surface area contributed by atoms with E-state index >= 15 is 0 Å². The van der Waals surface area contributed by atoms with Gasteiger partial charge < -0.3 is 14.9 Å². The molecule has 0 radical (unpaired) electrons. The molecule has 0 aliphatic carbocycles. The van der Waals surface area contributed by atoms with E-state index in [0.29, 0.717) is 5.92 Å². The van der Waals surface area contributed by atoms with E-state index in [-0.39, 0.29) is 6.04 Å². The van der Waals surface area contributed by atoms with Gasteiger partial charge in [0.2, 0.25) is 0 Å². The first kappa shape index (κ1) is 9.74. The first-order chi connectivity index (χ1) is 6.75. The molecule has 0 amide bonds. The molecular weight excluding hydrogens is 178 g/mol. The average Bonchev–Trinajstić information content (AvgIpc) is 2.75. The number of furan rings is 1. The normalized spacial score (nSPS) is 24.0. The van der Waals surface area contributed by atoms with Gasteiger partial charge in [0.25, 0.3) is 0 Å². The number of hydrogen-bond donors (Lipinski definition) is 1. The Kier molecular flexibility index (Phi) is 2.89. The second-order valence-corrected chi connectivity index (χ2v) is 4.02. The van der Waals surface area contributed by atoms with E-state index in [9.17, 15) is 0 Å². The van der Waals surface area contributed by atoms with Crippen molar-refractivity contribution >= 4 is 0 Å². The van der Waals surface area contributed by atoms with Gasteiger partial charge in [-0.15, -0.1) is 0 Å². The largest absolute Gasteiger partial charge is 0.465 e. The van der Waals surface area contributed by atoms with Crippen molar-refractivity contribution in [2.24, 2.45) is 11.7 Å². The predicted octanol–water partition coefficient (Wildman–Crippen LogP) is 2.01. The highest BCUT2D eigenvalue weighted by molar-refractivity contribution is 5.09. The number of hydrogen-bond acceptors (Lipinski definition) is 3. The zero-order valence-corrected chi connectivity index (χ0v) is 8.53. The zero-order valence-electron chi connectivity index (χ0n) is 8.53. The molecule has 1 saturated heterocycles. The van der Waals surface area contributed by atoms with Gasteiger partial charge in [-0.1, -0.05) is 0 Å². The first-order valence-corrected chi connectivity index (χ1v) is 5.15. The highest BCUT2D eigenvalue weighted by atomic mass is 16.5. The molecule has 1 aliphatic rings. The van der Waals surface area contributed by atoms with Gasteiger partial charge in [-0.05, 0) is 37.8 Å². The number of rotatable bonds is 3. The van der Waals surface area contributed by atoms with Crippen molar-refractivity contribution in [3.05, 3.63) is 23.7 Å². The third kappa shape index (κ3) is 2.16. The van der Waals surface area contributed by atoms with Gasteiger partial charge >= 0.3 is 0 Å². The van der Waals surface area contributed by atoms with Crippen molar-refractivity contribution in [3.8, 4) is 0 Å². The van der Waals surface area contributed by atoms with Crippen LogP contribution in [-0.2, 0) is 4.74 Å². The summed E-state index contributed by atoms with van der Waals surface area (Å²) in [5, 5.41) is 0. The van der Waals surface area contributed by atoms with Crippen LogP contribution < -0.4 is 5.73 Å². The van der Waals surface area contributed by atoms with Crippen molar-refractivity contribution in [1.82, 2.24) is 0 Å². The lowest BCUT2D eigenvalue weighted by Crippen LogP contribution is -2.15. The molecule has 2 heterocycles. The Morgan fingerprint density at radius 3 is 3.00 bits per heavy atom. The highest BCUT2D eigenvalue weighted by Crippen LogP contribution is 2.25. The van der Waals surface area contributed by atoms with Gasteiger partial charge in [0.15, 0.2) is 0 Å². The predicted molar refractivity (Wildman–Crippen MR) is 53.9 cm³/mol. The molecule has 0 bridgehead atoms. The molecule has 1 fully saturated rings. The van der Waals surface area contributed by atoms with Crippen LogP contribution in [0.3, 0.4) is 0 Å². The van der Waals surface area contributed by atoms with E-state index in [1.54, 1.807) is 0 Å². The molecule has 1 aromatic heterocycles. The van der Waals surface area contributed by atoms with Crippen molar-refractivity contribution in [1.29, 1.82) is 0 Å². The summed E-state index contributed by atoms with van der Waals surface area (Å²) in [7, 11) is 0. The van der Waals surface area contributed by atoms with Crippen LogP contribution in [0, 0.1) is 12.8 Å². The standard InChI is InChI=1S/C11H17NO2/c1-8-2-3-11(14-8)10(12)6-9-4-5-13-7-9/h2-3,9-10H,4-7,12H2,1H3. The average molecular weight is 195 g/mol. The van der Waals surface area contributed by atoms with E-state index in [1.807, 2.05) is 19.1 Å². The first-order valence-electron chi connectivity index (χ1n) is 5.15. The second-order valence-electron chi connectivity index (χ2n) is 4.02. The SMILES string of the molecule is Cc1ccc(C(N)CC2CCOC2)o1. The molecule has 0 saturated carbocycles. The molecule has 1 aromatic rings. The molecule has 0 aromatic carbocycles. The molecular formula is C11H17NO2. The van der Waals surface area contributed by atoms with Gasteiger partial charge in [-0.3, -0.25) is 0 Å². The molecule has 2 atom stereocenters. The van der Waals surface area contributed by atoms with Crippen LogP contribution in [-0.4, -0.2) is 13.2 Å². The van der Waals surface area contributed by atoms with E-state index in [2.05, 4.69) is 0 Å². The fourth-order valence-corrected chi connectivity index (χ4v) is 1.90. The van der Waals surface area contributed by atoms with Gasteiger partial charge in [-0.2, -0.15) is 0 Å². The Morgan fingerprint density at radius 1 is 1.57 bits per heavy atom. The molecule has 3 heteroatoms. The summed E-state index contributed by atoms with van der Waals surface area (Å²) in [4.78, 5) is 0. The molecule has 2 N–H and O–H groups in total. The molecule has 1 aliphatic heterocycles. The molecule has 14 heavy (non-hydrogen) atoms. The van der Waals surface area contributed by atoms with E-state index in [0.717, 1.165) is 37.6 Å². The van der Waals surface area contributed by atoms with Crippen LogP contribution in [0.15, 0.2) is 16.5 Å². The van der Waals surface area contributed by atoms with Crippen molar-refractivity contribution < 1.29 is 9.15 Å². The molecule has 2 unspecified atom stereocenters. The Bertz CT molecular complexity index is 289. The summed E-state index contributed by atoms with van der Waals surface area (Å²) >= 11 is 0. The Hall–Kier alpha value is -0.800. The molecule has 0 spiro atoms. The maximum atomic E-state index is 6.04. The van der Waals surface area contributed by atoms with Crippen LogP contribution in [0.2, 0.25) is 0 Å². The fourth-order valence-electron chi connectivity index (χ4n) is 1.90. The van der Waals surface area contributed by atoms with Crippen molar-refractivity contribution in [2.45, 2.75) is 25.8 Å². The third-order valence-corrected chi connectivity index (χ3v) is 2.74. The topological polar surface area (TPSA) is 48.4 Å². The summed E-state index contributed by atoms with van der Waals surface area (Å²) in [5.74, 6) is 2.43.